The summed E-state index contributed by atoms with van der Waals surface area (Å²) >= 11 is 0. The molecule has 5 rings (SSSR count). The smallest absolute Gasteiger partial charge is 0.479 e. The number of esters is 1. The largest absolute Gasteiger partial charge is 0.494 e. The lowest BCUT2D eigenvalue weighted by molar-refractivity contribution is -0.207. The lowest BCUT2D eigenvalue weighted by Crippen LogP contribution is -2.63. The lowest BCUT2D eigenvalue weighted by Gasteiger charge is -2.61. The van der Waals surface area contributed by atoms with Crippen molar-refractivity contribution in [3.05, 3.63) is 23.5 Å². The second-order valence-corrected chi connectivity index (χ2v) is 12.9. The number of Topliss-reactive ketones (excluding diaryl/α,β-unsaturated/α-hetero) is 1. The van der Waals surface area contributed by atoms with Gasteiger partial charge in [0.25, 0.3) is 0 Å². The molecule has 9 heteroatoms. The fourth-order valence-corrected chi connectivity index (χ4v) is 8.75. The van der Waals surface area contributed by atoms with Gasteiger partial charge in [-0.15, -0.1) is 12.3 Å². The third kappa shape index (κ3) is 4.29. The van der Waals surface area contributed by atoms with Crippen molar-refractivity contribution in [2.24, 2.45) is 34.0 Å². The third-order valence-electron chi connectivity index (χ3n) is 11.1. The SMILES string of the molecule is C#CC[C@]1(C)C[C@@H](OC(=O)COc2ccc3c(c2F)B(O)OC3)[C@]2(C)[C@H](C)CC[C@]3(CC[C@@H](OC)[C@@H]32)[C@@H](C)C1=O. The van der Waals surface area contributed by atoms with Crippen molar-refractivity contribution in [2.45, 2.75) is 85.0 Å². The molecular weight excluding hydrogens is 514 g/mol. The van der Waals surface area contributed by atoms with Crippen LogP contribution in [-0.2, 0) is 30.3 Å². The molecule has 1 N–H and O–H groups in total. The summed E-state index contributed by atoms with van der Waals surface area (Å²) in [4.78, 5) is 27.5. The number of carbonyl (C=O) groups excluding carboxylic acids is 2. The lowest BCUT2D eigenvalue weighted by atomic mass is 9.44. The Morgan fingerprint density at radius 2 is 2.00 bits per heavy atom. The monoisotopic (exact) mass is 554 g/mol. The van der Waals surface area contributed by atoms with Crippen LogP contribution in [0.5, 0.6) is 5.75 Å². The Morgan fingerprint density at radius 1 is 1.27 bits per heavy atom. The van der Waals surface area contributed by atoms with Crippen LogP contribution in [0.3, 0.4) is 0 Å². The van der Waals surface area contributed by atoms with E-state index in [1.165, 1.54) is 6.07 Å². The van der Waals surface area contributed by atoms with Gasteiger partial charge in [0.05, 0.1) is 12.7 Å². The number of methoxy groups -OCH3 is 1. The predicted molar refractivity (Wildman–Crippen MR) is 147 cm³/mol. The molecule has 0 saturated heterocycles. The van der Waals surface area contributed by atoms with Gasteiger partial charge in [-0.3, -0.25) is 4.79 Å². The van der Waals surface area contributed by atoms with E-state index >= 15 is 4.39 Å². The van der Waals surface area contributed by atoms with Crippen molar-refractivity contribution in [3.8, 4) is 18.1 Å². The molecule has 1 aliphatic heterocycles. The molecule has 3 aliphatic carbocycles. The summed E-state index contributed by atoms with van der Waals surface area (Å²) in [5.74, 6) is 1.31. The zero-order chi connectivity index (χ0) is 29.0. The highest BCUT2D eigenvalue weighted by molar-refractivity contribution is 6.61. The summed E-state index contributed by atoms with van der Waals surface area (Å²) in [5, 5.41) is 9.95. The van der Waals surface area contributed by atoms with Crippen molar-refractivity contribution < 1.29 is 37.9 Å². The molecule has 0 aromatic heterocycles. The quantitative estimate of drug-likeness (QED) is 0.325. The summed E-state index contributed by atoms with van der Waals surface area (Å²) in [7, 11) is 0.353. The molecule has 4 aliphatic rings. The highest BCUT2D eigenvalue weighted by Crippen LogP contribution is 2.68. The molecule has 7 nitrogen and oxygen atoms in total. The second-order valence-electron chi connectivity index (χ2n) is 12.9. The highest BCUT2D eigenvalue weighted by Gasteiger charge is 2.68. The van der Waals surface area contributed by atoms with Gasteiger partial charge < -0.3 is 23.9 Å². The molecule has 1 heterocycles. The van der Waals surface area contributed by atoms with E-state index in [0.717, 1.165) is 25.7 Å². The number of benzene rings is 1. The van der Waals surface area contributed by atoms with Gasteiger partial charge in [-0.05, 0) is 55.1 Å². The van der Waals surface area contributed by atoms with E-state index in [1.54, 1.807) is 13.2 Å². The van der Waals surface area contributed by atoms with Crippen LogP contribution >= 0.6 is 0 Å². The van der Waals surface area contributed by atoms with E-state index in [4.69, 9.17) is 25.3 Å². The van der Waals surface area contributed by atoms with Crippen LogP contribution in [0.2, 0.25) is 0 Å². The molecule has 3 saturated carbocycles. The number of ether oxygens (including phenoxy) is 3. The number of carbonyl (C=O) groups is 2. The van der Waals surface area contributed by atoms with Crippen LogP contribution in [0.1, 0.15) is 71.8 Å². The van der Waals surface area contributed by atoms with Gasteiger partial charge in [0.2, 0.25) is 0 Å². The third-order valence-corrected chi connectivity index (χ3v) is 11.1. The summed E-state index contributed by atoms with van der Waals surface area (Å²) in [6.07, 6.45) is 9.24. The minimum atomic E-state index is -1.37. The van der Waals surface area contributed by atoms with Gasteiger partial charge >= 0.3 is 13.1 Å². The number of terminal acetylenes is 1. The Bertz CT molecular complexity index is 1230. The first-order valence-electron chi connectivity index (χ1n) is 14.4. The second kappa shape index (κ2) is 10.5. The molecule has 0 amide bonds. The van der Waals surface area contributed by atoms with Gasteiger partial charge in [-0.25, -0.2) is 9.18 Å². The zero-order valence-electron chi connectivity index (χ0n) is 24.1. The first kappa shape index (κ1) is 29.1. The molecule has 0 unspecified atom stereocenters. The Hall–Kier alpha value is -2.41. The Morgan fingerprint density at radius 3 is 2.70 bits per heavy atom. The van der Waals surface area contributed by atoms with Crippen LogP contribution in [0.15, 0.2) is 12.1 Å². The van der Waals surface area contributed by atoms with E-state index < -0.39 is 42.4 Å². The average molecular weight is 554 g/mol. The van der Waals surface area contributed by atoms with E-state index in [2.05, 4.69) is 26.7 Å². The van der Waals surface area contributed by atoms with Gasteiger partial charge in [0.15, 0.2) is 18.2 Å². The molecule has 3 fully saturated rings. The topological polar surface area (TPSA) is 91.3 Å². The van der Waals surface area contributed by atoms with Crippen LogP contribution in [0.25, 0.3) is 0 Å². The maximum absolute atomic E-state index is 15.0. The first-order chi connectivity index (χ1) is 18.9. The maximum atomic E-state index is 15.0. The normalized spacial score (nSPS) is 38.6. The van der Waals surface area contributed by atoms with Crippen molar-refractivity contribution in [1.82, 2.24) is 0 Å². The van der Waals surface area contributed by atoms with Crippen LogP contribution < -0.4 is 10.2 Å². The standard InChI is InChI=1S/C31H40BFO7/c1-7-12-29(4)15-23(40-24(34)17-38-21-9-8-20-16-39-32(36)25(20)26(21)33)30(5)18(2)10-13-31(19(3)28(29)35)14-11-22(37-6)27(30)31/h1,8-9,18-19,22-23,27,36H,10-17H2,2-6H3/t18-,19+,22-,23-,27-,29-,30+,31+/m1/s1. The van der Waals surface area contributed by atoms with E-state index in [0.29, 0.717) is 12.0 Å². The van der Waals surface area contributed by atoms with Crippen molar-refractivity contribution in [2.75, 3.05) is 13.7 Å². The summed E-state index contributed by atoms with van der Waals surface area (Å²) in [6, 6.07) is 3.03. The summed E-state index contributed by atoms with van der Waals surface area (Å²) < 4.78 is 38.0. The number of hydrogen-bond donors (Lipinski definition) is 1. The van der Waals surface area contributed by atoms with Gasteiger partial charge in [0.1, 0.15) is 11.9 Å². The average Bonchev–Trinajstić information content (AvgIpc) is 3.51. The first-order valence-corrected chi connectivity index (χ1v) is 14.4. The fraction of sp³-hybridized carbons (Fsp3) is 0.677. The highest BCUT2D eigenvalue weighted by atomic mass is 19.1. The van der Waals surface area contributed by atoms with Crippen molar-refractivity contribution in [1.29, 1.82) is 0 Å². The number of hydrogen-bond acceptors (Lipinski definition) is 7. The van der Waals surface area contributed by atoms with E-state index in [9.17, 15) is 14.6 Å². The van der Waals surface area contributed by atoms with Crippen LogP contribution in [0.4, 0.5) is 4.39 Å². The molecule has 8 atom stereocenters. The molecular formula is C31H40BFO7. The molecule has 40 heavy (non-hydrogen) atoms. The van der Waals surface area contributed by atoms with Gasteiger partial charge in [-0.2, -0.15) is 0 Å². The number of halogens is 1. The fourth-order valence-electron chi connectivity index (χ4n) is 8.75. The Labute approximate surface area is 236 Å². The molecule has 0 radical (unpaired) electrons. The Balaban J connectivity index is 1.47. The minimum absolute atomic E-state index is 0.0234. The molecule has 0 spiro atoms. The minimum Gasteiger partial charge on any atom is -0.479 e. The number of fused-ring (bicyclic) bond motifs is 1. The van der Waals surface area contributed by atoms with Gasteiger partial charge in [-0.1, -0.05) is 33.8 Å². The molecule has 1 aromatic rings. The van der Waals surface area contributed by atoms with Crippen LogP contribution in [0, 0.1) is 52.2 Å². The molecule has 216 valence electrons. The molecule has 1 aromatic carbocycles. The predicted octanol–water partition coefficient (Wildman–Crippen LogP) is 3.82. The van der Waals surface area contributed by atoms with E-state index in [-0.39, 0.29) is 59.3 Å². The summed E-state index contributed by atoms with van der Waals surface area (Å²) in [5.41, 5.74) is -1.03. The zero-order valence-corrected chi connectivity index (χ0v) is 24.1. The Kier molecular flexibility index (Phi) is 7.61. The maximum Gasteiger partial charge on any atom is 0.494 e. The number of rotatable bonds is 6. The van der Waals surface area contributed by atoms with E-state index in [1.807, 2.05) is 6.92 Å². The van der Waals surface area contributed by atoms with Crippen molar-refractivity contribution >= 4 is 24.3 Å². The summed E-state index contributed by atoms with van der Waals surface area (Å²) in [6.45, 7) is 7.94. The number of ketones is 1. The van der Waals surface area contributed by atoms with Crippen LogP contribution in [-0.4, -0.2) is 49.8 Å². The van der Waals surface area contributed by atoms with Gasteiger partial charge in [0, 0.05) is 41.7 Å². The van der Waals surface area contributed by atoms with Crippen molar-refractivity contribution in [3.63, 3.8) is 0 Å². The molecule has 2 bridgehead atoms.